The van der Waals surface area contributed by atoms with E-state index < -0.39 is 5.54 Å². The minimum absolute atomic E-state index is 0.0879. The van der Waals surface area contributed by atoms with Crippen LogP contribution in [0.1, 0.15) is 31.7 Å². The van der Waals surface area contributed by atoms with Gasteiger partial charge in [0.05, 0.1) is 12.1 Å². The van der Waals surface area contributed by atoms with Gasteiger partial charge < -0.3 is 24.6 Å². The molecule has 1 aromatic carbocycles. The van der Waals surface area contributed by atoms with Crippen molar-refractivity contribution in [1.82, 2.24) is 9.80 Å². The molecule has 1 unspecified atom stereocenters. The Kier molecular flexibility index (Phi) is 6.91. The van der Waals surface area contributed by atoms with Gasteiger partial charge in [-0.15, -0.1) is 0 Å². The lowest BCUT2D eigenvalue weighted by Crippen LogP contribution is -2.57. The number of nitrogens with one attached hydrogen (secondary N) is 1. The average molecular weight is 389 g/mol. The van der Waals surface area contributed by atoms with E-state index in [0.717, 1.165) is 24.9 Å². The first-order valence-electron chi connectivity index (χ1n) is 10.1. The maximum absolute atomic E-state index is 13.0. The van der Waals surface area contributed by atoms with Crippen LogP contribution < -0.4 is 5.32 Å². The van der Waals surface area contributed by atoms with Crippen LogP contribution in [0.3, 0.4) is 0 Å². The Balaban J connectivity index is 1.74. The van der Waals surface area contributed by atoms with E-state index in [-0.39, 0.29) is 11.9 Å². The molecule has 1 N–H and O–H groups in total. The second kappa shape index (κ2) is 9.39. The summed E-state index contributed by atoms with van der Waals surface area (Å²) in [5.41, 5.74) is 1.52. The molecular weight excluding hydrogens is 358 g/mol. The quantitative estimate of drug-likeness (QED) is 0.759. The molecule has 1 aromatic rings. The van der Waals surface area contributed by atoms with E-state index in [1.54, 1.807) is 12.0 Å². The lowest BCUT2D eigenvalue weighted by atomic mass is 9.95. The predicted molar refractivity (Wildman–Crippen MR) is 107 cm³/mol. The van der Waals surface area contributed by atoms with Gasteiger partial charge in [0.2, 0.25) is 5.91 Å². The molecule has 3 amide bonds. The van der Waals surface area contributed by atoms with Gasteiger partial charge in [-0.1, -0.05) is 19.1 Å². The zero-order chi connectivity index (χ0) is 20.0. The van der Waals surface area contributed by atoms with Crippen LogP contribution in [-0.2, 0) is 20.7 Å². The van der Waals surface area contributed by atoms with Crippen molar-refractivity contribution >= 4 is 17.6 Å². The summed E-state index contributed by atoms with van der Waals surface area (Å²) in [5.74, 6) is 0.0879. The molecular formula is C21H31N3O4. The fourth-order valence-electron chi connectivity index (χ4n) is 4.06. The second-order valence-corrected chi connectivity index (χ2v) is 7.57. The van der Waals surface area contributed by atoms with Gasteiger partial charge in [-0.2, -0.15) is 0 Å². The fraction of sp³-hybridized carbons (Fsp3) is 0.619. The third-order valence-corrected chi connectivity index (χ3v) is 5.64. The number of carbonyl (C=O) groups is 2. The molecule has 1 spiro atoms. The van der Waals surface area contributed by atoms with Crippen LogP contribution in [0.25, 0.3) is 0 Å². The first-order valence-corrected chi connectivity index (χ1v) is 10.1. The predicted octanol–water partition coefficient (Wildman–Crippen LogP) is 2.51. The number of ether oxygens (including phenoxy) is 2. The number of aryl methyl sites for hydroxylation is 1. The summed E-state index contributed by atoms with van der Waals surface area (Å²) < 4.78 is 10.8. The molecule has 1 atom stereocenters. The number of methoxy groups -OCH3 is 1. The summed E-state index contributed by atoms with van der Waals surface area (Å²) >= 11 is 0. The topological polar surface area (TPSA) is 71.1 Å². The zero-order valence-corrected chi connectivity index (χ0v) is 16.9. The standard InChI is InChI=1S/C21H31N3O4/c1-3-17-6-4-7-18(14-17)22-20(26)23-11-8-19(25)24(10-5-12-27-2)21(15-23)9-13-28-16-21/h4,6-7,14H,3,5,8-13,15-16H2,1-2H3,(H,22,26). The van der Waals surface area contributed by atoms with Crippen molar-refractivity contribution in [2.75, 3.05) is 51.9 Å². The third kappa shape index (κ3) is 4.64. The Bertz CT molecular complexity index is 688. The molecule has 0 aliphatic carbocycles. The molecule has 0 aromatic heterocycles. The molecule has 2 aliphatic heterocycles. The van der Waals surface area contributed by atoms with E-state index in [1.165, 1.54) is 5.56 Å². The summed E-state index contributed by atoms with van der Waals surface area (Å²) in [6.45, 7) is 5.32. The van der Waals surface area contributed by atoms with Crippen molar-refractivity contribution in [3.05, 3.63) is 29.8 Å². The lowest BCUT2D eigenvalue weighted by molar-refractivity contribution is -0.136. The van der Waals surface area contributed by atoms with Crippen molar-refractivity contribution in [2.45, 2.75) is 38.1 Å². The molecule has 2 fully saturated rings. The van der Waals surface area contributed by atoms with Crippen LogP contribution in [0.2, 0.25) is 0 Å². The van der Waals surface area contributed by atoms with E-state index >= 15 is 0 Å². The van der Waals surface area contributed by atoms with E-state index in [1.807, 2.05) is 29.2 Å². The number of rotatable bonds is 6. The fourth-order valence-corrected chi connectivity index (χ4v) is 4.06. The highest BCUT2D eigenvalue weighted by Crippen LogP contribution is 2.31. The SMILES string of the molecule is CCc1cccc(NC(=O)N2CCC(=O)N(CCCOC)C3(CCOC3)C2)c1. The monoisotopic (exact) mass is 389 g/mol. The Hall–Kier alpha value is -2.12. The third-order valence-electron chi connectivity index (χ3n) is 5.64. The maximum atomic E-state index is 13.0. The minimum Gasteiger partial charge on any atom is -0.385 e. The summed E-state index contributed by atoms with van der Waals surface area (Å²) in [6, 6.07) is 7.72. The second-order valence-electron chi connectivity index (χ2n) is 7.57. The molecule has 0 radical (unpaired) electrons. The van der Waals surface area contributed by atoms with Crippen LogP contribution in [0.15, 0.2) is 24.3 Å². The number of nitrogens with zero attached hydrogens (tertiary/aromatic N) is 2. The largest absolute Gasteiger partial charge is 0.385 e. The molecule has 2 saturated heterocycles. The van der Waals surface area contributed by atoms with Gasteiger partial charge in [-0.25, -0.2) is 4.79 Å². The van der Waals surface area contributed by atoms with E-state index in [2.05, 4.69) is 12.2 Å². The summed E-state index contributed by atoms with van der Waals surface area (Å²) in [5, 5.41) is 3.00. The lowest BCUT2D eigenvalue weighted by Gasteiger charge is -2.40. The summed E-state index contributed by atoms with van der Waals surface area (Å²) in [6.07, 6.45) is 2.77. The molecule has 0 bridgehead atoms. The van der Waals surface area contributed by atoms with Crippen molar-refractivity contribution in [2.24, 2.45) is 0 Å². The normalized spacial score (nSPS) is 22.6. The van der Waals surface area contributed by atoms with Crippen LogP contribution in [0.4, 0.5) is 10.5 Å². The van der Waals surface area contributed by atoms with Gasteiger partial charge in [0.15, 0.2) is 0 Å². The molecule has 3 rings (SSSR count). The minimum atomic E-state index is -0.441. The molecule has 7 nitrogen and oxygen atoms in total. The van der Waals surface area contributed by atoms with Crippen LogP contribution in [0.5, 0.6) is 0 Å². The highest BCUT2D eigenvalue weighted by atomic mass is 16.5. The molecule has 28 heavy (non-hydrogen) atoms. The number of hydrogen-bond donors (Lipinski definition) is 1. The van der Waals surface area contributed by atoms with Gasteiger partial charge in [0.25, 0.3) is 0 Å². The first-order chi connectivity index (χ1) is 13.6. The average Bonchev–Trinajstić information content (AvgIpc) is 3.12. The number of carbonyl (C=O) groups excluding carboxylic acids is 2. The number of hydrogen-bond acceptors (Lipinski definition) is 4. The van der Waals surface area contributed by atoms with Crippen molar-refractivity contribution < 1.29 is 19.1 Å². The molecule has 154 valence electrons. The van der Waals surface area contributed by atoms with E-state index in [0.29, 0.717) is 45.9 Å². The van der Waals surface area contributed by atoms with Crippen molar-refractivity contribution in [3.8, 4) is 0 Å². The highest BCUT2D eigenvalue weighted by Gasteiger charge is 2.46. The molecule has 2 heterocycles. The number of anilines is 1. The zero-order valence-electron chi connectivity index (χ0n) is 16.9. The Labute approximate surface area is 167 Å². The van der Waals surface area contributed by atoms with Crippen LogP contribution in [-0.4, -0.2) is 73.8 Å². The maximum Gasteiger partial charge on any atom is 0.321 e. The van der Waals surface area contributed by atoms with E-state index in [9.17, 15) is 9.59 Å². The van der Waals surface area contributed by atoms with Gasteiger partial charge in [0.1, 0.15) is 0 Å². The van der Waals surface area contributed by atoms with Crippen LogP contribution in [0, 0.1) is 0 Å². The summed E-state index contributed by atoms with van der Waals surface area (Å²) in [4.78, 5) is 29.5. The number of urea groups is 1. The van der Waals surface area contributed by atoms with Gasteiger partial charge in [-0.3, -0.25) is 4.79 Å². The number of amides is 3. The van der Waals surface area contributed by atoms with Gasteiger partial charge >= 0.3 is 6.03 Å². The Morgan fingerprint density at radius 1 is 1.39 bits per heavy atom. The Morgan fingerprint density at radius 3 is 2.96 bits per heavy atom. The molecule has 0 saturated carbocycles. The number of benzene rings is 1. The summed E-state index contributed by atoms with van der Waals surface area (Å²) in [7, 11) is 1.66. The first kappa shape index (κ1) is 20.6. The smallest absolute Gasteiger partial charge is 0.321 e. The molecule has 2 aliphatic rings. The van der Waals surface area contributed by atoms with Crippen molar-refractivity contribution in [3.63, 3.8) is 0 Å². The van der Waals surface area contributed by atoms with Gasteiger partial charge in [0, 0.05) is 52.1 Å². The van der Waals surface area contributed by atoms with Crippen LogP contribution >= 0.6 is 0 Å². The highest BCUT2D eigenvalue weighted by molar-refractivity contribution is 5.90. The van der Waals surface area contributed by atoms with E-state index in [4.69, 9.17) is 9.47 Å². The van der Waals surface area contributed by atoms with Gasteiger partial charge in [-0.05, 0) is 37.0 Å². The van der Waals surface area contributed by atoms with Crippen molar-refractivity contribution in [1.29, 1.82) is 0 Å². The molecule has 7 heteroatoms. The Morgan fingerprint density at radius 2 is 2.25 bits per heavy atom.